The van der Waals surface area contributed by atoms with Crippen LogP contribution in [0.5, 0.6) is 0 Å². The first-order valence-corrected chi connectivity index (χ1v) is 7.53. The Hall–Kier alpha value is -0.570. The van der Waals surface area contributed by atoms with Crippen molar-refractivity contribution in [2.45, 2.75) is 58.4 Å². The highest BCUT2D eigenvalue weighted by molar-refractivity contribution is 5.67. The predicted octanol–water partition coefficient (Wildman–Crippen LogP) is 3.00. The quantitative estimate of drug-likeness (QED) is 0.840. The molecule has 0 amide bonds. The molecule has 1 saturated carbocycles. The first-order chi connectivity index (χ1) is 8.58. The van der Waals surface area contributed by atoms with Crippen molar-refractivity contribution in [1.82, 2.24) is 4.90 Å². The number of aliphatic carboxylic acids is 1. The van der Waals surface area contributed by atoms with Crippen molar-refractivity contribution < 1.29 is 9.90 Å². The number of piperidine rings is 1. The zero-order chi connectivity index (χ0) is 13.1. The van der Waals surface area contributed by atoms with Crippen LogP contribution in [0.15, 0.2) is 0 Å². The molecule has 0 spiro atoms. The third-order valence-corrected chi connectivity index (χ3v) is 5.15. The Bertz CT molecular complexity index is 292. The molecule has 1 saturated heterocycles. The first-order valence-electron chi connectivity index (χ1n) is 7.53. The second kappa shape index (κ2) is 6.05. The fourth-order valence-corrected chi connectivity index (χ4v) is 3.88. The number of carboxylic acid groups (broad SMARTS) is 1. The average molecular weight is 253 g/mol. The number of carboxylic acids is 1. The van der Waals surface area contributed by atoms with Crippen LogP contribution in [-0.2, 0) is 4.79 Å². The Morgan fingerprint density at radius 1 is 1.22 bits per heavy atom. The molecule has 0 aromatic rings. The highest BCUT2D eigenvalue weighted by atomic mass is 16.4. The Labute approximate surface area is 111 Å². The Balaban J connectivity index is 1.93. The number of hydrogen-bond donors (Lipinski definition) is 1. The second-order valence-corrected chi connectivity index (χ2v) is 6.44. The highest BCUT2D eigenvalue weighted by Gasteiger charge is 2.34. The molecule has 2 rings (SSSR count). The predicted molar refractivity (Wildman–Crippen MR) is 72.5 cm³/mol. The maximum Gasteiger partial charge on any atom is 0.303 e. The van der Waals surface area contributed by atoms with E-state index in [9.17, 15) is 4.79 Å². The Morgan fingerprint density at radius 2 is 2.00 bits per heavy atom. The van der Waals surface area contributed by atoms with Gasteiger partial charge in [-0.3, -0.25) is 9.69 Å². The van der Waals surface area contributed by atoms with Gasteiger partial charge in [-0.1, -0.05) is 26.7 Å². The number of carbonyl (C=O) groups is 1. The van der Waals surface area contributed by atoms with Gasteiger partial charge in [-0.25, -0.2) is 0 Å². The molecule has 1 aliphatic carbocycles. The molecule has 104 valence electrons. The van der Waals surface area contributed by atoms with Gasteiger partial charge in [-0.2, -0.15) is 0 Å². The summed E-state index contributed by atoms with van der Waals surface area (Å²) in [5.41, 5.74) is 0. The highest BCUT2D eigenvalue weighted by Crippen LogP contribution is 2.35. The topological polar surface area (TPSA) is 40.5 Å². The van der Waals surface area contributed by atoms with Crippen molar-refractivity contribution in [3.05, 3.63) is 0 Å². The maximum atomic E-state index is 10.8. The summed E-state index contributed by atoms with van der Waals surface area (Å²) in [5.74, 6) is 1.33. The van der Waals surface area contributed by atoms with Crippen molar-refractivity contribution >= 4 is 5.97 Å². The summed E-state index contributed by atoms with van der Waals surface area (Å²) in [6.07, 6.45) is 6.65. The zero-order valence-electron chi connectivity index (χ0n) is 11.8. The third kappa shape index (κ3) is 3.25. The minimum absolute atomic E-state index is 0.354. The third-order valence-electron chi connectivity index (χ3n) is 5.15. The van der Waals surface area contributed by atoms with E-state index in [-0.39, 0.29) is 0 Å². The molecular formula is C15H27NO2. The summed E-state index contributed by atoms with van der Waals surface area (Å²) < 4.78 is 0. The van der Waals surface area contributed by atoms with Gasteiger partial charge in [-0.15, -0.1) is 0 Å². The average Bonchev–Trinajstić information content (AvgIpc) is 2.32. The van der Waals surface area contributed by atoms with Gasteiger partial charge in [0.25, 0.3) is 0 Å². The molecule has 3 nitrogen and oxygen atoms in total. The molecule has 1 N–H and O–H groups in total. The molecule has 2 aliphatic rings. The van der Waals surface area contributed by atoms with Gasteiger partial charge in [0.15, 0.2) is 0 Å². The number of likely N-dealkylation sites (tertiary alicyclic amines) is 1. The van der Waals surface area contributed by atoms with Crippen molar-refractivity contribution in [2.24, 2.45) is 17.8 Å². The first kappa shape index (κ1) is 13.9. The lowest BCUT2D eigenvalue weighted by atomic mass is 9.76. The molecular weight excluding hydrogens is 226 g/mol. The van der Waals surface area contributed by atoms with Gasteiger partial charge in [0.05, 0.1) is 0 Å². The van der Waals surface area contributed by atoms with Crippen LogP contribution in [0.3, 0.4) is 0 Å². The van der Waals surface area contributed by atoms with E-state index in [0.29, 0.717) is 18.4 Å². The summed E-state index contributed by atoms with van der Waals surface area (Å²) in [4.78, 5) is 13.4. The molecule has 4 unspecified atom stereocenters. The van der Waals surface area contributed by atoms with Crippen LogP contribution in [0.1, 0.15) is 52.4 Å². The molecule has 3 heteroatoms. The van der Waals surface area contributed by atoms with Crippen LogP contribution in [0, 0.1) is 17.8 Å². The SMILES string of the molecule is CC1CCCC(N2CCCC(CC(=O)O)C2)C1C. The fraction of sp³-hybridized carbons (Fsp3) is 0.933. The Kier molecular flexibility index (Phi) is 4.66. The lowest BCUT2D eigenvalue weighted by Gasteiger charge is -2.45. The van der Waals surface area contributed by atoms with Crippen molar-refractivity contribution in [1.29, 1.82) is 0 Å². The molecule has 0 aromatic carbocycles. The standard InChI is InChI=1S/C15H27NO2/c1-11-5-3-7-14(12(11)2)16-8-4-6-13(10-16)9-15(17)18/h11-14H,3-10H2,1-2H3,(H,17,18). The lowest BCUT2D eigenvalue weighted by Crippen LogP contribution is -2.48. The minimum Gasteiger partial charge on any atom is -0.481 e. The van der Waals surface area contributed by atoms with Crippen molar-refractivity contribution in [2.75, 3.05) is 13.1 Å². The van der Waals surface area contributed by atoms with Gasteiger partial charge in [0, 0.05) is 19.0 Å². The number of hydrogen-bond acceptors (Lipinski definition) is 2. The van der Waals surface area contributed by atoms with E-state index in [1.165, 1.54) is 32.2 Å². The van der Waals surface area contributed by atoms with Crippen LogP contribution in [0.25, 0.3) is 0 Å². The van der Waals surface area contributed by atoms with E-state index in [1.807, 2.05) is 0 Å². The van der Waals surface area contributed by atoms with Crippen LogP contribution in [0.2, 0.25) is 0 Å². The summed E-state index contributed by atoms with van der Waals surface area (Å²) in [5, 5.41) is 8.94. The number of rotatable bonds is 3. The molecule has 4 atom stereocenters. The lowest BCUT2D eigenvalue weighted by molar-refractivity contribution is -0.138. The molecule has 0 aromatic heterocycles. The normalized spacial score (nSPS) is 38.6. The monoisotopic (exact) mass is 253 g/mol. The maximum absolute atomic E-state index is 10.8. The van der Waals surface area contributed by atoms with Crippen molar-refractivity contribution in [3.8, 4) is 0 Å². The van der Waals surface area contributed by atoms with E-state index in [2.05, 4.69) is 18.7 Å². The van der Waals surface area contributed by atoms with E-state index in [1.54, 1.807) is 0 Å². The molecule has 1 aliphatic heterocycles. The van der Waals surface area contributed by atoms with Gasteiger partial charge in [0.2, 0.25) is 0 Å². The van der Waals surface area contributed by atoms with E-state index >= 15 is 0 Å². The molecule has 1 heterocycles. The largest absolute Gasteiger partial charge is 0.481 e. The number of nitrogens with zero attached hydrogens (tertiary/aromatic N) is 1. The zero-order valence-corrected chi connectivity index (χ0v) is 11.8. The summed E-state index contributed by atoms with van der Waals surface area (Å²) >= 11 is 0. The van der Waals surface area contributed by atoms with Crippen LogP contribution < -0.4 is 0 Å². The summed E-state index contributed by atoms with van der Waals surface area (Å²) in [6, 6.07) is 0.699. The Morgan fingerprint density at radius 3 is 2.72 bits per heavy atom. The van der Waals surface area contributed by atoms with Crippen LogP contribution in [-0.4, -0.2) is 35.1 Å². The minimum atomic E-state index is -0.632. The van der Waals surface area contributed by atoms with E-state index in [4.69, 9.17) is 5.11 Å². The summed E-state index contributed by atoms with van der Waals surface area (Å²) in [6.45, 7) is 6.94. The fourth-order valence-electron chi connectivity index (χ4n) is 3.88. The van der Waals surface area contributed by atoms with Gasteiger partial charge < -0.3 is 5.11 Å². The molecule has 0 radical (unpaired) electrons. The molecule has 18 heavy (non-hydrogen) atoms. The van der Waals surface area contributed by atoms with Crippen molar-refractivity contribution in [3.63, 3.8) is 0 Å². The van der Waals surface area contributed by atoms with E-state index in [0.717, 1.165) is 24.8 Å². The van der Waals surface area contributed by atoms with E-state index < -0.39 is 5.97 Å². The summed E-state index contributed by atoms with van der Waals surface area (Å²) in [7, 11) is 0. The van der Waals surface area contributed by atoms with Crippen LogP contribution in [0.4, 0.5) is 0 Å². The van der Waals surface area contributed by atoms with Gasteiger partial charge in [0.1, 0.15) is 0 Å². The second-order valence-electron chi connectivity index (χ2n) is 6.44. The molecule has 2 fully saturated rings. The smallest absolute Gasteiger partial charge is 0.303 e. The molecule has 0 bridgehead atoms. The van der Waals surface area contributed by atoms with Crippen LogP contribution >= 0.6 is 0 Å². The van der Waals surface area contributed by atoms with Gasteiger partial charge >= 0.3 is 5.97 Å². The van der Waals surface area contributed by atoms with Gasteiger partial charge in [-0.05, 0) is 43.6 Å².